The number of piperazine rings is 1. The van der Waals surface area contributed by atoms with E-state index < -0.39 is 12.1 Å². The van der Waals surface area contributed by atoms with Crippen molar-refractivity contribution in [3.8, 4) is 0 Å². The molecule has 0 aromatic heterocycles. The third-order valence-corrected chi connectivity index (χ3v) is 4.04. The highest BCUT2D eigenvalue weighted by atomic mass is 79.9. The van der Waals surface area contributed by atoms with Crippen molar-refractivity contribution in [2.24, 2.45) is 0 Å². The Morgan fingerprint density at radius 2 is 2.11 bits per heavy atom. The van der Waals surface area contributed by atoms with Gasteiger partial charge in [-0.05, 0) is 47.5 Å². The van der Waals surface area contributed by atoms with Gasteiger partial charge in [0.05, 0.1) is 5.69 Å². The SMILES string of the molecule is CCC1C(=O)NC(C)C(=O)N1c1cc(Cl)ccc1Br. The van der Waals surface area contributed by atoms with E-state index >= 15 is 0 Å². The van der Waals surface area contributed by atoms with Crippen LogP contribution < -0.4 is 10.2 Å². The molecular weight excluding hydrogens is 332 g/mol. The highest BCUT2D eigenvalue weighted by molar-refractivity contribution is 9.10. The fourth-order valence-electron chi connectivity index (χ4n) is 2.18. The second-order valence-corrected chi connectivity index (χ2v) is 5.75. The molecule has 1 fully saturated rings. The van der Waals surface area contributed by atoms with Crippen molar-refractivity contribution in [2.75, 3.05) is 4.90 Å². The molecule has 1 N–H and O–H groups in total. The first-order valence-electron chi connectivity index (χ1n) is 6.04. The maximum Gasteiger partial charge on any atom is 0.250 e. The Bertz CT molecular complexity index is 535. The first-order valence-corrected chi connectivity index (χ1v) is 7.21. The molecule has 6 heteroatoms. The first-order chi connectivity index (χ1) is 8.95. The van der Waals surface area contributed by atoms with E-state index in [9.17, 15) is 9.59 Å². The molecule has 4 nitrogen and oxygen atoms in total. The number of halogens is 2. The Hall–Kier alpha value is -1.07. The molecule has 1 aliphatic rings. The summed E-state index contributed by atoms with van der Waals surface area (Å²) in [4.78, 5) is 25.9. The van der Waals surface area contributed by atoms with E-state index in [1.807, 2.05) is 6.92 Å². The van der Waals surface area contributed by atoms with Crippen LogP contribution in [0.3, 0.4) is 0 Å². The van der Waals surface area contributed by atoms with Crippen molar-refractivity contribution in [1.29, 1.82) is 0 Å². The molecule has 0 radical (unpaired) electrons. The van der Waals surface area contributed by atoms with Crippen LogP contribution in [-0.2, 0) is 9.59 Å². The van der Waals surface area contributed by atoms with Gasteiger partial charge in [-0.3, -0.25) is 14.5 Å². The molecule has 2 atom stereocenters. The van der Waals surface area contributed by atoms with E-state index in [1.54, 1.807) is 25.1 Å². The molecule has 1 heterocycles. The van der Waals surface area contributed by atoms with E-state index in [2.05, 4.69) is 21.2 Å². The second kappa shape index (κ2) is 5.51. The Balaban J connectivity index is 2.51. The number of anilines is 1. The zero-order chi connectivity index (χ0) is 14.2. The zero-order valence-corrected chi connectivity index (χ0v) is 13.0. The lowest BCUT2D eigenvalue weighted by Gasteiger charge is -2.38. The van der Waals surface area contributed by atoms with Gasteiger partial charge in [0.25, 0.3) is 0 Å². The summed E-state index contributed by atoms with van der Waals surface area (Å²) in [5, 5.41) is 3.21. The minimum atomic E-state index is -0.527. The summed E-state index contributed by atoms with van der Waals surface area (Å²) in [6.45, 7) is 3.55. The van der Waals surface area contributed by atoms with Crippen molar-refractivity contribution in [3.63, 3.8) is 0 Å². The zero-order valence-electron chi connectivity index (χ0n) is 10.6. The van der Waals surface area contributed by atoms with Crippen LogP contribution in [0.1, 0.15) is 20.3 Å². The molecule has 0 saturated carbocycles. The summed E-state index contributed by atoms with van der Waals surface area (Å²) in [7, 11) is 0. The van der Waals surface area contributed by atoms with E-state index in [0.29, 0.717) is 17.1 Å². The van der Waals surface area contributed by atoms with Gasteiger partial charge in [0.2, 0.25) is 11.8 Å². The van der Waals surface area contributed by atoms with Crippen LogP contribution in [0.5, 0.6) is 0 Å². The average molecular weight is 346 g/mol. The van der Waals surface area contributed by atoms with Crippen LogP contribution in [0.4, 0.5) is 5.69 Å². The number of hydrogen-bond acceptors (Lipinski definition) is 2. The first kappa shape index (κ1) is 14.3. The van der Waals surface area contributed by atoms with Crippen molar-refractivity contribution in [3.05, 3.63) is 27.7 Å². The van der Waals surface area contributed by atoms with Gasteiger partial charge in [-0.15, -0.1) is 0 Å². The van der Waals surface area contributed by atoms with Crippen molar-refractivity contribution < 1.29 is 9.59 Å². The lowest BCUT2D eigenvalue weighted by molar-refractivity contribution is -0.133. The van der Waals surface area contributed by atoms with Crippen LogP contribution >= 0.6 is 27.5 Å². The number of benzene rings is 1. The number of nitrogens with one attached hydrogen (secondary N) is 1. The molecule has 102 valence electrons. The van der Waals surface area contributed by atoms with Gasteiger partial charge in [0, 0.05) is 9.50 Å². The van der Waals surface area contributed by atoms with E-state index in [0.717, 1.165) is 4.47 Å². The quantitative estimate of drug-likeness (QED) is 0.896. The molecule has 2 rings (SSSR count). The van der Waals surface area contributed by atoms with Gasteiger partial charge in [-0.1, -0.05) is 18.5 Å². The van der Waals surface area contributed by atoms with E-state index in [1.165, 1.54) is 4.90 Å². The molecule has 1 aromatic rings. The third-order valence-electron chi connectivity index (χ3n) is 3.14. The average Bonchev–Trinajstić information content (AvgIpc) is 2.36. The Morgan fingerprint density at radius 1 is 1.42 bits per heavy atom. The summed E-state index contributed by atoms with van der Waals surface area (Å²) in [5.74, 6) is -0.268. The number of rotatable bonds is 2. The summed E-state index contributed by atoms with van der Waals surface area (Å²) in [6.07, 6.45) is 0.545. The minimum absolute atomic E-state index is 0.130. The van der Waals surface area contributed by atoms with E-state index in [-0.39, 0.29) is 11.8 Å². The molecule has 1 saturated heterocycles. The molecule has 2 amide bonds. The predicted octanol–water partition coefficient (Wildman–Crippen LogP) is 2.73. The maximum absolute atomic E-state index is 12.4. The molecule has 19 heavy (non-hydrogen) atoms. The Kier molecular flexibility index (Phi) is 4.16. The maximum atomic E-state index is 12.4. The van der Waals surface area contributed by atoms with Crippen molar-refractivity contribution in [1.82, 2.24) is 5.32 Å². The number of hydrogen-bond donors (Lipinski definition) is 1. The van der Waals surface area contributed by atoms with Crippen LogP contribution in [0.15, 0.2) is 22.7 Å². The van der Waals surface area contributed by atoms with Crippen LogP contribution in [0.2, 0.25) is 5.02 Å². The fourth-order valence-corrected chi connectivity index (χ4v) is 2.78. The lowest BCUT2D eigenvalue weighted by atomic mass is 10.0. The largest absolute Gasteiger partial charge is 0.343 e. The van der Waals surface area contributed by atoms with Crippen LogP contribution in [0, 0.1) is 0 Å². The standard InChI is InChI=1S/C13H14BrClN2O2/c1-3-10-12(18)16-7(2)13(19)17(10)11-6-8(15)4-5-9(11)14/h4-7,10H,3H2,1-2H3,(H,16,18). The molecule has 1 aromatic carbocycles. The van der Waals surface area contributed by atoms with Gasteiger partial charge in [0.15, 0.2) is 0 Å². The topological polar surface area (TPSA) is 49.4 Å². The molecule has 0 bridgehead atoms. The van der Waals surface area contributed by atoms with Crippen molar-refractivity contribution >= 4 is 45.0 Å². The van der Waals surface area contributed by atoms with Gasteiger partial charge >= 0.3 is 0 Å². The highest BCUT2D eigenvalue weighted by Crippen LogP contribution is 2.33. The monoisotopic (exact) mass is 344 g/mol. The van der Waals surface area contributed by atoms with Gasteiger partial charge < -0.3 is 5.32 Å². The van der Waals surface area contributed by atoms with Crippen LogP contribution in [-0.4, -0.2) is 23.9 Å². The predicted molar refractivity (Wildman–Crippen MR) is 78.3 cm³/mol. The lowest BCUT2D eigenvalue weighted by Crippen LogP contribution is -2.62. The highest BCUT2D eigenvalue weighted by Gasteiger charge is 2.39. The number of nitrogens with zero attached hydrogens (tertiary/aromatic N) is 1. The summed E-state index contributed by atoms with van der Waals surface area (Å²) in [5.41, 5.74) is 0.631. The second-order valence-electron chi connectivity index (χ2n) is 4.46. The van der Waals surface area contributed by atoms with Gasteiger partial charge in [-0.2, -0.15) is 0 Å². The molecule has 0 spiro atoms. The van der Waals surface area contributed by atoms with Gasteiger partial charge in [-0.25, -0.2) is 0 Å². The summed E-state index contributed by atoms with van der Waals surface area (Å²) in [6, 6.07) is 4.17. The number of carbonyl (C=O) groups is 2. The fraction of sp³-hybridized carbons (Fsp3) is 0.385. The smallest absolute Gasteiger partial charge is 0.250 e. The number of amides is 2. The molecule has 0 aliphatic carbocycles. The third kappa shape index (κ3) is 2.62. The normalized spacial score (nSPS) is 23.5. The minimum Gasteiger partial charge on any atom is -0.343 e. The van der Waals surface area contributed by atoms with Crippen molar-refractivity contribution in [2.45, 2.75) is 32.4 Å². The molecular formula is C13H14BrClN2O2. The summed E-state index contributed by atoms with van der Waals surface area (Å²) < 4.78 is 0.741. The van der Waals surface area contributed by atoms with Gasteiger partial charge in [0.1, 0.15) is 12.1 Å². The summed E-state index contributed by atoms with van der Waals surface area (Å²) >= 11 is 9.39. The Labute approximate surface area is 125 Å². The number of carbonyl (C=O) groups excluding carboxylic acids is 2. The van der Waals surface area contributed by atoms with E-state index in [4.69, 9.17) is 11.6 Å². The Morgan fingerprint density at radius 3 is 2.74 bits per heavy atom. The van der Waals surface area contributed by atoms with Crippen LogP contribution in [0.25, 0.3) is 0 Å². The molecule has 2 unspecified atom stereocenters. The molecule has 1 aliphatic heterocycles.